The van der Waals surface area contributed by atoms with Crippen LogP contribution in [0, 0.1) is 47.3 Å². The minimum atomic E-state index is -1.02. The normalized spacial score (nSPS) is 17.9. The number of aromatic carboxylic acids is 1. The maximum Gasteiger partial charge on any atom is 0.352 e. The number of carboxylic acids is 2. The minimum Gasteiger partial charge on any atom is -0.496 e. The lowest BCUT2D eigenvalue weighted by Crippen LogP contribution is -2.53. The zero-order valence-corrected chi connectivity index (χ0v) is 81.6. The van der Waals surface area contributed by atoms with Crippen molar-refractivity contribution in [2.24, 2.45) is 58.8 Å². The molecule has 14 atom stereocenters. The molecule has 754 valence electrons. The number of amides is 4. The molecule has 0 spiro atoms. The topological polar surface area (TPSA) is 561 Å². The SMILES string of the molecule is COC(=O)[C@@H](C)C[C@@H]1CCCC1=O.COC(=O)[C@@H](N)C[C@@H]1CCCC1=O.COC(=O)[C@H](C[C@@H]1CCCC1=O)NC(=O)[C@@H](C)Cc1cccnc1.COC(=O)[C@H](C[C@@H]1CCCC1=O)NC(=O)[C@@H](N)Cc1cccnc1.COC(=O)[C@H](C[C@@H]1CCCC1=O)NC(=O)[C@H](Cc1cccnc1)NC(=O)c1cc2c(OC)cccc2[nH]1.COc1cccc2[nH]c(C(=O)O)cc12.C[C@@H](Cc1cccnc1)C(=O)O.Cl.Cl. The molecule has 0 unspecified atom stereocenters. The number of hydrogen-bond donors (Lipinski definition) is 10. The number of esters is 5. The number of halogens is 2. The first-order valence-electron chi connectivity index (χ1n) is 45.7. The van der Waals surface area contributed by atoms with Gasteiger partial charge in [-0.1, -0.05) is 57.2 Å². The van der Waals surface area contributed by atoms with Crippen molar-refractivity contribution in [3.05, 3.63) is 180 Å². The second-order valence-corrected chi connectivity index (χ2v) is 34.3. The number of carbonyl (C=O) groups excluding carboxylic acids is 14. The third-order valence-electron chi connectivity index (χ3n) is 24.3. The zero-order chi connectivity index (χ0) is 100. The Hall–Kier alpha value is -13.3. The Bertz CT molecular complexity index is 5210. The third kappa shape index (κ3) is 37.9. The molecule has 0 bridgehead atoms. The highest BCUT2D eigenvalue weighted by atomic mass is 35.5. The molecule has 37 nitrogen and oxygen atoms in total. The fourth-order valence-corrected chi connectivity index (χ4v) is 16.6. The number of benzene rings is 2. The van der Waals surface area contributed by atoms with E-state index in [0.29, 0.717) is 99.8 Å². The van der Waals surface area contributed by atoms with Crippen LogP contribution in [0.1, 0.15) is 192 Å². The van der Waals surface area contributed by atoms with Crippen LogP contribution >= 0.6 is 24.8 Å². The van der Waals surface area contributed by atoms with Crippen LogP contribution in [0.3, 0.4) is 0 Å². The first kappa shape index (κ1) is 116. The predicted octanol–water partition coefficient (Wildman–Crippen LogP) is 10.2. The summed E-state index contributed by atoms with van der Waals surface area (Å²) in [6.45, 7) is 5.31. The lowest BCUT2D eigenvalue weighted by molar-refractivity contribution is -0.146. The van der Waals surface area contributed by atoms with Gasteiger partial charge in [-0.15, -0.1) is 24.8 Å². The lowest BCUT2D eigenvalue weighted by Gasteiger charge is -2.23. The van der Waals surface area contributed by atoms with Crippen molar-refractivity contribution >= 4 is 141 Å². The van der Waals surface area contributed by atoms with E-state index < -0.39 is 89.8 Å². The van der Waals surface area contributed by atoms with Gasteiger partial charge in [0, 0.05) is 145 Å². The van der Waals surface area contributed by atoms with E-state index in [-0.39, 0.29) is 138 Å². The van der Waals surface area contributed by atoms with Gasteiger partial charge in [-0.05, 0) is 198 Å². The Balaban J connectivity index is 0.000000297. The number of ketones is 5. The lowest BCUT2D eigenvalue weighted by atomic mass is 9.94. The number of pyridine rings is 4. The van der Waals surface area contributed by atoms with Gasteiger partial charge < -0.3 is 86.1 Å². The first-order chi connectivity index (χ1) is 65.6. The van der Waals surface area contributed by atoms with Gasteiger partial charge in [-0.3, -0.25) is 77.5 Å². The third-order valence-corrected chi connectivity index (χ3v) is 24.3. The molecule has 0 aliphatic heterocycles. The van der Waals surface area contributed by atoms with E-state index in [1.54, 1.807) is 126 Å². The molecule has 5 aliphatic carbocycles. The molecule has 13 rings (SSSR count). The van der Waals surface area contributed by atoms with Crippen molar-refractivity contribution in [2.45, 2.75) is 211 Å². The van der Waals surface area contributed by atoms with Crippen LogP contribution < -0.4 is 42.2 Å². The van der Waals surface area contributed by atoms with Crippen LogP contribution in [0.25, 0.3) is 21.8 Å². The average Bonchev–Trinajstić information content (AvgIpc) is 1.68. The molecule has 2 aromatic carbocycles. The Morgan fingerprint density at radius 1 is 0.374 bits per heavy atom. The van der Waals surface area contributed by atoms with E-state index in [1.165, 1.54) is 35.5 Å². The van der Waals surface area contributed by atoms with Gasteiger partial charge in [-0.25, -0.2) is 19.2 Å². The van der Waals surface area contributed by atoms with Gasteiger partial charge in [0.25, 0.3) is 5.91 Å². The number of nitrogens with zero attached hydrogens (tertiary/aromatic N) is 4. The molecular weight excluding hydrogens is 1840 g/mol. The number of H-pyrrole nitrogens is 2. The van der Waals surface area contributed by atoms with Gasteiger partial charge in [0.15, 0.2) is 0 Å². The molecule has 4 amide bonds. The van der Waals surface area contributed by atoms with Gasteiger partial charge in [-0.2, -0.15) is 0 Å². The molecule has 8 aromatic rings. The fourth-order valence-electron chi connectivity index (χ4n) is 16.6. The summed E-state index contributed by atoms with van der Waals surface area (Å²) >= 11 is 0. The summed E-state index contributed by atoms with van der Waals surface area (Å²) in [6.07, 6.45) is 27.9. The Morgan fingerprint density at radius 3 is 1.06 bits per heavy atom. The number of carboxylic acid groups (broad SMARTS) is 2. The number of aromatic amines is 2. The van der Waals surface area contributed by atoms with Crippen molar-refractivity contribution in [3.63, 3.8) is 0 Å². The molecule has 5 saturated carbocycles. The number of hydrogen-bond acceptors (Lipinski definition) is 29. The van der Waals surface area contributed by atoms with E-state index >= 15 is 0 Å². The maximum atomic E-state index is 13.4. The summed E-state index contributed by atoms with van der Waals surface area (Å²) in [6, 6.07) is 23.5. The number of carbonyl (C=O) groups is 16. The molecule has 6 heterocycles. The Labute approximate surface area is 819 Å². The molecular formula is C100H130Cl2N12O25. The summed E-state index contributed by atoms with van der Waals surface area (Å²) in [4.78, 5) is 211. The number of nitrogens with two attached hydrogens (primary N) is 2. The van der Waals surface area contributed by atoms with Crippen LogP contribution in [0.15, 0.2) is 147 Å². The number of fused-ring (bicyclic) bond motifs is 2. The number of aromatic nitrogens is 6. The predicted molar refractivity (Wildman–Crippen MR) is 516 cm³/mol. The summed E-state index contributed by atoms with van der Waals surface area (Å²) in [5.41, 5.74) is 16.8. The van der Waals surface area contributed by atoms with E-state index in [0.717, 1.165) is 96.3 Å². The summed E-state index contributed by atoms with van der Waals surface area (Å²) in [5.74, 6) is -4.96. The minimum absolute atomic E-state index is 0. The highest BCUT2D eigenvalue weighted by Gasteiger charge is 2.38. The van der Waals surface area contributed by atoms with Crippen molar-refractivity contribution in [2.75, 3.05) is 49.8 Å². The zero-order valence-electron chi connectivity index (χ0n) is 80.0. The van der Waals surface area contributed by atoms with E-state index in [2.05, 4.69) is 60.6 Å². The van der Waals surface area contributed by atoms with Crippen molar-refractivity contribution in [1.82, 2.24) is 51.2 Å². The molecule has 0 radical (unpaired) electrons. The second kappa shape index (κ2) is 60.5. The van der Waals surface area contributed by atoms with E-state index in [4.69, 9.17) is 45.4 Å². The van der Waals surface area contributed by atoms with Gasteiger partial charge >= 0.3 is 41.8 Å². The first-order valence-corrected chi connectivity index (χ1v) is 45.7. The summed E-state index contributed by atoms with van der Waals surface area (Å²) < 4.78 is 34.0. The van der Waals surface area contributed by atoms with Crippen molar-refractivity contribution < 1.29 is 120 Å². The highest BCUT2D eigenvalue weighted by Crippen LogP contribution is 2.33. The van der Waals surface area contributed by atoms with Gasteiger partial charge in [0.05, 0.1) is 67.6 Å². The summed E-state index contributed by atoms with van der Waals surface area (Å²) in [7, 11) is 9.57. The Morgan fingerprint density at radius 2 is 0.712 bits per heavy atom. The van der Waals surface area contributed by atoms with E-state index in [1.807, 2.05) is 55.5 Å². The maximum absolute atomic E-state index is 13.4. The summed E-state index contributed by atoms with van der Waals surface area (Å²) in [5, 5.41) is 29.8. The number of Topliss-reactive ketones (excluding diaryl/α,β-unsaturated/α-hetero) is 5. The molecule has 139 heavy (non-hydrogen) atoms. The van der Waals surface area contributed by atoms with Gasteiger partial charge in [0.2, 0.25) is 17.7 Å². The van der Waals surface area contributed by atoms with Crippen LogP contribution in [0.5, 0.6) is 11.5 Å². The highest BCUT2D eigenvalue weighted by molar-refractivity contribution is 6.02. The number of aliphatic carboxylic acids is 1. The molecule has 39 heteroatoms. The number of nitrogens with one attached hydrogen (secondary N) is 6. The molecule has 5 aliphatic rings. The molecule has 0 saturated heterocycles. The fraction of sp³-hybridized carbons (Fsp3) is 0.480. The largest absolute Gasteiger partial charge is 0.496 e. The smallest absolute Gasteiger partial charge is 0.352 e. The number of ether oxygens (including phenoxy) is 7. The number of rotatable bonds is 35. The number of methoxy groups -OCH3 is 7. The van der Waals surface area contributed by atoms with Gasteiger partial charge in [0.1, 0.15) is 82.0 Å². The monoisotopic (exact) mass is 1970 g/mol. The van der Waals surface area contributed by atoms with Crippen molar-refractivity contribution in [1.29, 1.82) is 0 Å². The molecule has 5 fully saturated rings. The van der Waals surface area contributed by atoms with Crippen molar-refractivity contribution in [3.8, 4) is 11.5 Å². The quantitative estimate of drug-likeness (QED) is 0.0130. The second-order valence-electron chi connectivity index (χ2n) is 34.3. The van der Waals surface area contributed by atoms with Crippen LogP contribution in [0.4, 0.5) is 0 Å². The van der Waals surface area contributed by atoms with E-state index in [9.17, 15) is 76.7 Å². The standard InChI is InChI=1S/C27H30N4O6.C18H24N2O4.C17H23N3O4.C10H9NO3.C10H16O3.C9H15NO3.C9H11NO2.2ClH/c1-36-24-10-4-8-19-18(24)14-21(29-19)26(34)30-20(12-16-6-5-11-28-15-16)25(33)31-22(27(35)37-2)13-17-7-3-9-23(17)32;1-12(9-13-5-4-8-19-11-13)17(22)20-15(18(23)24-2)10-14-6-3-7-16(14)21;1-24-17(23)14(9-12-5-2-6-15(12)21)20-16(22)13(18)8-11-4-3-7-19-10-11;1-14-9-4-2-3-7-6(9)5-8(11-7)10(12)13;1-7(10(12)13-2)6-8-4-3-5-9(8)11;1-13-9(12)7(10)5-6-3-2-4-8(6)11;1-7(9(11)12)5-8-3-2-4-10-6-8;;/h4-6,8,10-11,14-15,17,20,22,29H,3,7,9,12-13H2,1-2H3,(H,30,34)(H,31,33);4-5,8,11-12,14-15H,3,6-7,9-10H2,1-2H3,(H,20,22);3-4,7,10,12-14H,2,5-6,8-9,18H2,1H3,(H,20,22);2-5,11H,1H3,(H,12,13);7-8H,3-6H2,1-2H3;6-7H,2-5,10H2,1H3;2-4,6-7H,5H2,1H3,(H,11,12);2*1H/t17-,20-,22-;12-,14-,15-;12-,13-,14-;;7-,8-;6-,7-;7-;;/m000.000../s1. The average molecular weight is 1970 g/mol. The van der Waals surface area contributed by atoms with Crippen LogP contribution in [-0.4, -0.2) is 220 Å². The molecule has 6 aromatic heterocycles. The van der Waals surface area contributed by atoms with Crippen LogP contribution in [-0.2, 0) is 116 Å². The Kier molecular flexibility index (Phi) is 50.6. The van der Waals surface area contributed by atoms with Crippen LogP contribution in [0.2, 0.25) is 0 Å². The molecule has 12 N–H and O–H groups in total.